The minimum Gasteiger partial charge on any atom is -0.314 e. The molecule has 0 radical (unpaired) electrons. The van der Waals surface area contributed by atoms with Crippen molar-refractivity contribution in [3.8, 4) is 0 Å². The molecule has 0 saturated heterocycles. The first-order valence-electron chi connectivity index (χ1n) is 9.03. The van der Waals surface area contributed by atoms with Gasteiger partial charge in [0.25, 0.3) is 0 Å². The van der Waals surface area contributed by atoms with E-state index in [1.807, 2.05) is 0 Å². The van der Waals surface area contributed by atoms with E-state index in [4.69, 9.17) is 0 Å². The van der Waals surface area contributed by atoms with Crippen LogP contribution in [0.1, 0.15) is 64.7 Å². The third-order valence-corrected chi connectivity index (χ3v) is 7.04. The van der Waals surface area contributed by atoms with Gasteiger partial charge < -0.3 is 5.32 Å². The van der Waals surface area contributed by atoms with Gasteiger partial charge in [-0.15, -0.1) is 0 Å². The molecule has 0 spiro atoms. The minimum atomic E-state index is 0.860. The van der Waals surface area contributed by atoms with E-state index >= 15 is 0 Å². The minimum absolute atomic E-state index is 0.860. The summed E-state index contributed by atoms with van der Waals surface area (Å²) >= 11 is 0. The van der Waals surface area contributed by atoms with E-state index < -0.39 is 0 Å². The summed E-state index contributed by atoms with van der Waals surface area (Å²) in [5, 5.41) is 3.89. The Bertz CT molecular complexity index is 290. The normalized spacial score (nSPS) is 46.9. The fourth-order valence-corrected chi connectivity index (χ4v) is 6.52. The van der Waals surface area contributed by atoms with E-state index in [0.29, 0.717) is 0 Å². The van der Waals surface area contributed by atoms with Gasteiger partial charge in [-0.05, 0) is 87.0 Å². The largest absolute Gasteiger partial charge is 0.314 e. The zero-order valence-corrected chi connectivity index (χ0v) is 12.6. The molecule has 0 amide bonds. The molecule has 1 atom stereocenters. The maximum absolute atomic E-state index is 3.89. The predicted octanol–water partition coefficient (Wildman–Crippen LogP) is 4.23. The summed E-state index contributed by atoms with van der Waals surface area (Å²) in [5.74, 6) is 6.48. The standard InChI is InChI=1S/C18H31N/c1-12(11-19-17-4-2-3-5-17)18-15-7-13-6-14(9-15)10-16(18)8-13/h12-19H,2-11H2,1H3. The molecule has 0 aliphatic heterocycles. The lowest BCUT2D eigenvalue weighted by Gasteiger charge is -2.56. The molecule has 5 rings (SSSR count). The number of nitrogens with one attached hydrogen (secondary N) is 1. The van der Waals surface area contributed by atoms with Crippen molar-refractivity contribution in [3.05, 3.63) is 0 Å². The van der Waals surface area contributed by atoms with Crippen molar-refractivity contribution in [1.82, 2.24) is 5.32 Å². The van der Waals surface area contributed by atoms with E-state index in [9.17, 15) is 0 Å². The molecule has 5 fully saturated rings. The molecule has 1 heteroatoms. The second kappa shape index (κ2) is 5.06. The fraction of sp³-hybridized carbons (Fsp3) is 1.00. The molecule has 4 bridgehead atoms. The van der Waals surface area contributed by atoms with Crippen LogP contribution < -0.4 is 5.32 Å². The van der Waals surface area contributed by atoms with Crippen LogP contribution in [0.5, 0.6) is 0 Å². The van der Waals surface area contributed by atoms with Gasteiger partial charge in [0.2, 0.25) is 0 Å². The third-order valence-electron chi connectivity index (χ3n) is 7.04. The van der Waals surface area contributed by atoms with Gasteiger partial charge in [0.1, 0.15) is 0 Å². The summed E-state index contributed by atoms with van der Waals surface area (Å²) in [6.07, 6.45) is 13.7. The molecule has 5 saturated carbocycles. The van der Waals surface area contributed by atoms with Gasteiger partial charge in [-0.25, -0.2) is 0 Å². The van der Waals surface area contributed by atoms with Crippen LogP contribution in [0.3, 0.4) is 0 Å². The number of hydrogen-bond acceptors (Lipinski definition) is 1. The van der Waals surface area contributed by atoms with Crippen LogP contribution in [0.25, 0.3) is 0 Å². The van der Waals surface area contributed by atoms with Crippen LogP contribution in [0.2, 0.25) is 0 Å². The summed E-state index contributed by atoms with van der Waals surface area (Å²) in [6, 6.07) is 0.860. The molecular weight excluding hydrogens is 230 g/mol. The van der Waals surface area contributed by atoms with Crippen molar-refractivity contribution in [1.29, 1.82) is 0 Å². The van der Waals surface area contributed by atoms with Crippen molar-refractivity contribution < 1.29 is 0 Å². The van der Waals surface area contributed by atoms with Crippen LogP contribution in [0, 0.1) is 35.5 Å². The Balaban J connectivity index is 1.35. The Kier molecular flexibility index (Phi) is 3.38. The zero-order chi connectivity index (χ0) is 12.8. The van der Waals surface area contributed by atoms with E-state index in [1.54, 1.807) is 32.1 Å². The molecule has 5 aliphatic rings. The average Bonchev–Trinajstić information content (AvgIpc) is 2.88. The van der Waals surface area contributed by atoms with Crippen molar-refractivity contribution >= 4 is 0 Å². The van der Waals surface area contributed by atoms with Crippen molar-refractivity contribution in [3.63, 3.8) is 0 Å². The van der Waals surface area contributed by atoms with Crippen molar-refractivity contribution in [2.75, 3.05) is 6.54 Å². The number of rotatable bonds is 4. The molecule has 108 valence electrons. The molecule has 1 N–H and O–H groups in total. The van der Waals surface area contributed by atoms with Gasteiger partial charge in [-0.2, -0.15) is 0 Å². The highest BCUT2D eigenvalue weighted by Gasteiger charge is 2.49. The second-order valence-electron chi connectivity index (χ2n) is 8.37. The lowest BCUT2D eigenvalue weighted by molar-refractivity contribution is -0.0583. The van der Waals surface area contributed by atoms with Crippen molar-refractivity contribution in [2.45, 2.75) is 70.8 Å². The van der Waals surface area contributed by atoms with Crippen LogP contribution in [-0.4, -0.2) is 12.6 Å². The molecule has 0 aromatic carbocycles. The molecule has 0 heterocycles. The third kappa shape index (κ3) is 2.37. The lowest BCUT2D eigenvalue weighted by atomic mass is 9.50. The van der Waals surface area contributed by atoms with Gasteiger partial charge in [0.15, 0.2) is 0 Å². The maximum atomic E-state index is 3.89. The smallest absolute Gasteiger partial charge is 0.00671 e. The van der Waals surface area contributed by atoms with Gasteiger partial charge in [0.05, 0.1) is 0 Å². The molecular formula is C18H31N. The summed E-state index contributed by atoms with van der Waals surface area (Å²) < 4.78 is 0. The van der Waals surface area contributed by atoms with E-state index in [1.165, 1.54) is 32.2 Å². The zero-order valence-electron chi connectivity index (χ0n) is 12.6. The highest BCUT2D eigenvalue weighted by Crippen LogP contribution is 2.58. The first-order chi connectivity index (χ1) is 9.29. The van der Waals surface area contributed by atoms with Gasteiger partial charge in [-0.3, -0.25) is 0 Å². The van der Waals surface area contributed by atoms with E-state index in [2.05, 4.69) is 12.2 Å². The number of hydrogen-bond donors (Lipinski definition) is 1. The average molecular weight is 261 g/mol. The van der Waals surface area contributed by atoms with E-state index in [0.717, 1.165) is 41.5 Å². The summed E-state index contributed by atoms with van der Waals surface area (Å²) in [7, 11) is 0. The van der Waals surface area contributed by atoms with Crippen LogP contribution in [0.4, 0.5) is 0 Å². The van der Waals surface area contributed by atoms with E-state index in [-0.39, 0.29) is 0 Å². The van der Waals surface area contributed by atoms with Crippen molar-refractivity contribution in [2.24, 2.45) is 35.5 Å². The Morgan fingerprint density at radius 3 is 2.05 bits per heavy atom. The molecule has 0 aromatic rings. The monoisotopic (exact) mass is 261 g/mol. The quantitative estimate of drug-likeness (QED) is 0.798. The Labute approximate surface area is 118 Å². The topological polar surface area (TPSA) is 12.0 Å². The Morgan fingerprint density at radius 1 is 0.895 bits per heavy atom. The predicted molar refractivity (Wildman–Crippen MR) is 80.0 cm³/mol. The first kappa shape index (κ1) is 12.7. The SMILES string of the molecule is CC(CNC1CCCC1)C1C2CC3CC(C2)CC1C3. The summed E-state index contributed by atoms with van der Waals surface area (Å²) in [6.45, 7) is 3.85. The highest BCUT2D eigenvalue weighted by atomic mass is 14.9. The van der Waals surface area contributed by atoms with Crippen LogP contribution in [-0.2, 0) is 0 Å². The molecule has 1 unspecified atom stereocenters. The molecule has 0 aromatic heterocycles. The summed E-state index contributed by atoms with van der Waals surface area (Å²) in [4.78, 5) is 0. The fourth-order valence-electron chi connectivity index (χ4n) is 6.52. The molecule has 1 nitrogen and oxygen atoms in total. The second-order valence-corrected chi connectivity index (χ2v) is 8.37. The van der Waals surface area contributed by atoms with Gasteiger partial charge >= 0.3 is 0 Å². The molecule has 5 aliphatic carbocycles. The van der Waals surface area contributed by atoms with Gasteiger partial charge in [0, 0.05) is 6.04 Å². The van der Waals surface area contributed by atoms with Gasteiger partial charge in [-0.1, -0.05) is 19.8 Å². The maximum Gasteiger partial charge on any atom is 0.00671 e. The first-order valence-corrected chi connectivity index (χ1v) is 9.03. The van der Waals surface area contributed by atoms with Crippen LogP contribution >= 0.6 is 0 Å². The lowest BCUT2D eigenvalue weighted by Crippen LogP contribution is -2.49. The summed E-state index contributed by atoms with van der Waals surface area (Å²) in [5.41, 5.74) is 0. The Hall–Kier alpha value is -0.0400. The Morgan fingerprint density at radius 2 is 1.47 bits per heavy atom. The van der Waals surface area contributed by atoms with Crippen LogP contribution in [0.15, 0.2) is 0 Å². The molecule has 19 heavy (non-hydrogen) atoms. The highest BCUT2D eigenvalue weighted by molar-refractivity contribution is 4.99.